The zero-order valence-corrected chi connectivity index (χ0v) is 10.1. The van der Waals surface area contributed by atoms with Crippen LogP contribution in [0.3, 0.4) is 0 Å². The number of rotatable bonds is 5. The molecule has 0 fully saturated rings. The second-order valence-electron chi connectivity index (χ2n) is 4.03. The SMILES string of the molecule is CCCNC(c1cccc(CC)c1)C(F)(F)F. The molecule has 1 N–H and O–H groups in total. The summed E-state index contributed by atoms with van der Waals surface area (Å²) in [6, 6.07) is 5.12. The number of halogens is 3. The molecule has 1 aromatic carbocycles. The Hall–Kier alpha value is -1.03. The van der Waals surface area contributed by atoms with Crippen molar-refractivity contribution in [3.8, 4) is 0 Å². The van der Waals surface area contributed by atoms with Crippen LogP contribution in [0.25, 0.3) is 0 Å². The van der Waals surface area contributed by atoms with Crippen LogP contribution in [0.5, 0.6) is 0 Å². The molecule has 1 aromatic rings. The highest BCUT2D eigenvalue weighted by Crippen LogP contribution is 2.32. The zero-order chi connectivity index (χ0) is 12.9. The number of benzene rings is 1. The molecule has 0 aromatic heterocycles. The van der Waals surface area contributed by atoms with Gasteiger partial charge < -0.3 is 5.32 Å². The second kappa shape index (κ2) is 6.05. The molecule has 0 aliphatic heterocycles. The highest BCUT2D eigenvalue weighted by Gasteiger charge is 2.40. The third-order valence-corrected chi connectivity index (χ3v) is 2.62. The Labute approximate surface area is 100 Å². The van der Waals surface area contributed by atoms with E-state index in [0.29, 0.717) is 18.5 Å². The first-order valence-corrected chi connectivity index (χ1v) is 5.88. The van der Waals surface area contributed by atoms with Crippen LogP contribution in [0.2, 0.25) is 0 Å². The molecule has 0 spiro atoms. The van der Waals surface area contributed by atoms with Crippen LogP contribution in [-0.2, 0) is 6.42 Å². The van der Waals surface area contributed by atoms with E-state index in [1.54, 1.807) is 12.1 Å². The first-order chi connectivity index (χ1) is 7.99. The third kappa shape index (κ3) is 4.04. The van der Waals surface area contributed by atoms with E-state index in [1.807, 2.05) is 19.9 Å². The predicted octanol–water partition coefficient (Wildman–Crippen LogP) is 3.85. The third-order valence-electron chi connectivity index (χ3n) is 2.62. The first-order valence-electron chi connectivity index (χ1n) is 5.88. The van der Waals surface area contributed by atoms with Gasteiger partial charge in [0.15, 0.2) is 0 Å². The van der Waals surface area contributed by atoms with Gasteiger partial charge in [0.25, 0.3) is 0 Å². The van der Waals surface area contributed by atoms with E-state index in [-0.39, 0.29) is 0 Å². The Balaban J connectivity index is 2.95. The van der Waals surface area contributed by atoms with Crippen LogP contribution in [0, 0.1) is 0 Å². The average Bonchev–Trinajstić information content (AvgIpc) is 2.28. The lowest BCUT2D eigenvalue weighted by Gasteiger charge is -2.22. The first kappa shape index (κ1) is 14.0. The molecule has 0 saturated heterocycles. The number of alkyl halides is 3. The minimum Gasteiger partial charge on any atom is -0.302 e. The van der Waals surface area contributed by atoms with E-state index >= 15 is 0 Å². The Bertz CT molecular complexity index is 347. The topological polar surface area (TPSA) is 12.0 Å². The van der Waals surface area contributed by atoms with E-state index in [0.717, 1.165) is 12.0 Å². The van der Waals surface area contributed by atoms with Crippen molar-refractivity contribution < 1.29 is 13.2 Å². The molecule has 0 radical (unpaired) electrons. The summed E-state index contributed by atoms with van der Waals surface area (Å²) in [5, 5.41) is 2.55. The van der Waals surface area contributed by atoms with Gasteiger partial charge in [-0.1, -0.05) is 38.1 Å². The normalized spacial score (nSPS) is 13.7. The van der Waals surface area contributed by atoms with Crippen LogP contribution in [0.1, 0.15) is 37.4 Å². The van der Waals surface area contributed by atoms with E-state index in [1.165, 1.54) is 6.07 Å². The molecule has 0 saturated carbocycles. The molecule has 1 nitrogen and oxygen atoms in total. The van der Waals surface area contributed by atoms with Gasteiger partial charge in [0.1, 0.15) is 6.04 Å². The molecule has 17 heavy (non-hydrogen) atoms. The van der Waals surface area contributed by atoms with Gasteiger partial charge in [-0.05, 0) is 30.5 Å². The van der Waals surface area contributed by atoms with Gasteiger partial charge in [0.05, 0.1) is 0 Å². The monoisotopic (exact) mass is 245 g/mol. The van der Waals surface area contributed by atoms with Crippen molar-refractivity contribution in [2.24, 2.45) is 0 Å². The molecular weight excluding hydrogens is 227 g/mol. The van der Waals surface area contributed by atoms with Crippen molar-refractivity contribution >= 4 is 0 Å². The van der Waals surface area contributed by atoms with Crippen molar-refractivity contribution in [2.45, 2.75) is 38.9 Å². The Morgan fingerprint density at radius 3 is 2.47 bits per heavy atom. The Kier molecular flexibility index (Phi) is 5.00. The minimum atomic E-state index is -4.25. The Morgan fingerprint density at radius 2 is 1.94 bits per heavy atom. The summed E-state index contributed by atoms with van der Waals surface area (Å²) in [4.78, 5) is 0. The van der Waals surface area contributed by atoms with Gasteiger partial charge in [-0.15, -0.1) is 0 Å². The summed E-state index contributed by atoms with van der Waals surface area (Å²) >= 11 is 0. The summed E-state index contributed by atoms with van der Waals surface area (Å²) in [6.07, 6.45) is -2.83. The lowest BCUT2D eigenvalue weighted by Crippen LogP contribution is -2.34. The van der Waals surface area contributed by atoms with Crippen LogP contribution < -0.4 is 5.32 Å². The molecule has 0 aliphatic rings. The summed E-state index contributed by atoms with van der Waals surface area (Å²) in [7, 11) is 0. The summed E-state index contributed by atoms with van der Waals surface area (Å²) in [5.74, 6) is 0. The van der Waals surface area contributed by atoms with Gasteiger partial charge in [-0.3, -0.25) is 0 Å². The molecule has 0 heterocycles. The van der Waals surface area contributed by atoms with Crippen molar-refractivity contribution in [1.29, 1.82) is 0 Å². The van der Waals surface area contributed by atoms with E-state index < -0.39 is 12.2 Å². The van der Waals surface area contributed by atoms with E-state index in [9.17, 15) is 13.2 Å². The molecule has 0 aliphatic carbocycles. The van der Waals surface area contributed by atoms with Crippen LogP contribution in [-0.4, -0.2) is 12.7 Å². The number of hydrogen-bond donors (Lipinski definition) is 1. The van der Waals surface area contributed by atoms with Gasteiger partial charge >= 0.3 is 6.18 Å². The van der Waals surface area contributed by atoms with Gasteiger partial charge in [0, 0.05) is 0 Å². The fraction of sp³-hybridized carbons (Fsp3) is 0.538. The minimum absolute atomic E-state index is 0.297. The lowest BCUT2D eigenvalue weighted by molar-refractivity contribution is -0.157. The largest absolute Gasteiger partial charge is 0.407 e. The predicted molar refractivity (Wildman–Crippen MR) is 62.9 cm³/mol. The van der Waals surface area contributed by atoms with Crippen molar-refractivity contribution in [3.05, 3.63) is 35.4 Å². The maximum absolute atomic E-state index is 12.9. The van der Waals surface area contributed by atoms with Crippen LogP contribution in [0.4, 0.5) is 13.2 Å². The highest BCUT2D eigenvalue weighted by molar-refractivity contribution is 5.27. The summed E-state index contributed by atoms with van der Waals surface area (Å²) in [6.45, 7) is 4.14. The summed E-state index contributed by atoms with van der Waals surface area (Å²) < 4.78 is 38.7. The van der Waals surface area contributed by atoms with Crippen molar-refractivity contribution in [2.75, 3.05) is 6.54 Å². The molecule has 96 valence electrons. The molecule has 4 heteroatoms. The zero-order valence-electron chi connectivity index (χ0n) is 10.1. The van der Waals surface area contributed by atoms with E-state index in [4.69, 9.17) is 0 Å². The Morgan fingerprint density at radius 1 is 1.24 bits per heavy atom. The maximum Gasteiger partial charge on any atom is 0.407 e. The fourth-order valence-corrected chi connectivity index (χ4v) is 1.70. The van der Waals surface area contributed by atoms with Gasteiger partial charge in [-0.25, -0.2) is 0 Å². The van der Waals surface area contributed by atoms with Crippen molar-refractivity contribution in [1.82, 2.24) is 5.32 Å². The summed E-state index contributed by atoms with van der Waals surface area (Å²) in [5.41, 5.74) is 1.22. The highest BCUT2D eigenvalue weighted by atomic mass is 19.4. The molecule has 1 atom stereocenters. The van der Waals surface area contributed by atoms with Crippen LogP contribution >= 0.6 is 0 Å². The molecule has 0 bridgehead atoms. The van der Waals surface area contributed by atoms with Crippen molar-refractivity contribution in [3.63, 3.8) is 0 Å². The number of hydrogen-bond acceptors (Lipinski definition) is 1. The molecule has 0 amide bonds. The molecular formula is C13H18F3N. The number of nitrogens with one attached hydrogen (secondary N) is 1. The van der Waals surface area contributed by atoms with E-state index in [2.05, 4.69) is 5.32 Å². The standard InChI is InChI=1S/C13H18F3N/c1-3-8-17-12(13(14,15)16)11-7-5-6-10(4-2)9-11/h5-7,9,12,17H,3-4,8H2,1-2H3. The second-order valence-corrected chi connectivity index (χ2v) is 4.03. The molecule has 1 rings (SSSR count). The lowest BCUT2D eigenvalue weighted by atomic mass is 10.0. The fourth-order valence-electron chi connectivity index (χ4n) is 1.70. The average molecular weight is 245 g/mol. The van der Waals surface area contributed by atoms with Gasteiger partial charge in [-0.2, -0.15) is 13.2 Å². The smallest absolute Gasteiger partial charge is 0.302 e. The quantitative estimate of drug-likeness (QED) is 0.830. The van der Waals surface area contributed by atoms with Crippen LogP contribution in [0.15, 0.2) is 24.3 Å². The van der Waals surface area contributed by atoms with Gasteiger partial charge in [0.2, 0.25) is 0 Å². The molecule has 1 unspecified atom stereocenters. The number of aryl methyl sites for hydroxylation is 1. The maximum atomic E-state index is 12.9.